The SMILES string of the molecule is CC1CCC(C(C)(C)c2ccc(C(C)C)cc2)C(O)C1. The Morgan fingerprint density at radius 2 is 1.70 bits per heavy atom. The second-order valence-electron chi connectivity index (χ2n) is 7.59. The lowest BCUT2D eigenvalue weighted by molar-refractivity contribution is 0.0143. The van der Waals surface area contributed by atoms with Crippen molar-refractivity contribution >= 4 is 0 Å². The number of hydrogen-bond acceptors (Lipinski definition) is 1. The zero-order valence-corrected chi connectivity index (χ0v) is 13.7. The van der Waals surface area contributed by atoms with E-state index < -0.39 is 0 Å². The molecule has 1 heteroatoms. The Labute approximate surface area is 124 Å². The van der Waals surface area contributed by atoms with Gasteiger partial charge in [0, 0.05) is 0 Å². The Balaban J connectivity index is 2.20. The highest BCUT2D eigenvalue weighted by Crippen LogP contribution is 2.42. The van der Waals surface area contributed by atoms with Gasteiger partial charge in [-0.2, -0.15) is 0 Å². The van der Waals surface area contributed by atoms with Crippen molar-refractivity contribution in [2.45, 2.75) is 71.3 Å². The lowest BCUT2D eigenvalue weighted by atomic mass is 9.64. The second kappa shape index (κ2) is 5.89. The maximum absolute atomic E-state index is 10.5. The quantitative estimate of drug-likeness (QED) is 0.832. The maximum Gasteiger partial charge on any atom is 0.0579 e. The van der Waals surface area contributed by atoms with Gasteiger partial charge in [-0.3, -0.25) is 0 Å². The van der Waals surface area contributed by atoms with Crippen molar-refractivity contribution in [3.63, 3.8) is 0 Å². The van der Waals surface area contributed by atoms with Gasteiger partial charge in [0.25, 0.3) is 0 Å². The third-order valence-corrected chi connectivity index (χ3v) is 5.33. The molecule has 3 atom stereocenters. The van der Waals surface area contributed by atoms with E-state index >= 15 is 0 Å². The fraction of sp³-hybridized carbons (Fsp3) is 0.684. The minimum absolute atomic E-state index is 0.0507. The molecule has 0 spiro atoms. The van der Waals surface area contributed by atoms with Crippen molar-refractivity contribution in [3.05, 3.63) is 35.4 Å². The molecule has 1 aliphatic rings. The van der Waals surface area contributed by atoms with E-state index in [1.54, 1.807) is 0 Å². The van der Waals surface area contributed by atoms with E-state index in [-0.39, 0.29) is 11.5 Å². The van der Waals surface area contributed by atoms with Crippen LogP contribution in [0.4, 0.5) is 0 Å². The molecule has 0 aliphatic heterocycles. The monoisotopic (exact) mass is 274 g/mol. The fourth-order valence-corrected chi connectivity index (χ4v) is 3.70. The van der Waals surface area contributed by atoms with Crippen molar-refractivity contribution in [3.8, 4) is 0 Å². The fourth-order valence-electron chi connectivity index (χ4n) is 3.70. The van der Waals surface area contributed by atoms with Crippen LogP contribution in [0.2, 0.25) is 0 Å². The molecule has 2 rings (SSSR count). The first-order valence-corrected chi connectivity index (χ1v) is 8.11. The lowest BCUT2D eigenvalue weighted by Crippen LogP contribution is -2.41. The predicted molar refractivity (Wildman–Crippen MR) is 86.1 cm³/mol. The topological polar surface area (TPSA) is 20.2 Å². The standard InChI is InChI=1S/C19H30O/c1-13(2)15-7-9-16(10-8-15)19(4,5)17-11-6-14(3)12-18(17)20/h7-10,13-14,17-18,20H,6,11-12H2,1-5H3. The lowest BCUT2D eigenvalue weighted by Gasteiger charge is -2.42. The highest BCUT2D eigenvalue weighted by Gasteiger charge is 2.39. The molecule has 0 heterocycles. The van der Waals surface area contributed by atoms with Crippen LogP contribution in [0.25, 0.3) is 0 Å². The molecule has 20 heavy (non-hydrogen) atoms. The van der Waals surface area contributed by atoms with Gasteiger partial charge < -0.3 is 5.11 Å². The van der Waals surface area contributed by atoms with Gasteiger partial charge in [0.05, 0.1) is 6.10 Å². The molecule has 1 N–H and O–H groups in total. The average molecular weight is 274 g/mol. The van der Waals surface area contributed by atoms with Crippen LogP contribution in [0, 0.1) is 11.8 Å². The second-order valence-corrected chi connectivity index (χ2v) is 7.59. The highest BCUT2D eigenvalue weighted by atomic mass is 16.3. The van der Waals surface area contributed by atoms with Crippen molar-refractivity contribution in [2.24, 2.45) is 11.8 Å². The van der Waals surface area contributed by atoms with E-state index in [0.29, 0.717) is 17.8 Å². The average Bonchev–Trinajstić information content (AvgIpc) is 2.38. The largest absolute Gasteiger partial charge is 0.393 e. The Hall–Kier alpha value is -0.820. The van der Waals surface area contributed by atoms with Gasteiger partial charge in [0.15, 0.2) is 0 Å². The Bertz CT molecular complexity index is 430. The number of benzene rings is 1. The van der Waals surface area contributed by atoms with Gasteiger partial charge in [0.1, 0.15) is 0 Å². The maximum atomic E-state index is 10.5. The molecular formula is C19H30O. The molecular weight excluding hydrogens is 244 g/mol. The minimum Gasteiger partial charge on any atom is -0.393 e. The Morgan fingerprint density at radius 3 is 2.20 bits per heavy atom. The predicted octanol–water partition coefficient (Wildman–Crippen LogP) is 4.88. The van der Waals surface area contributed by atoms with Gasteiger partial charge in [-0.25, -0.2) is 0 Å². The summed E-state index contributed by atoms with van der Waals surface area (Å²) in [7, 11) is 0. The summed E-state index contributed by atoms with van der Waals surface area (Å²) in [6.45, 7) is 11.3. The van der Waals surface area contributed by atoms with Crippen LogP contribution in [0.3, 0.4) is 0 Å². The van der Waals surface area contributed by atoms with Crippen molar-refractivity contribution in [1.29, 1.82) is 0 Å². The smallest absolute Gasteiger partial charge is 0.0579 e. The normalized spacial score (nSPS) is 27.9. The van der Waals surface area contributed by atoms with Crippen LogP contribution in [0.5, 0.6) is 0 Å². The van der Waals surface area contributed by atoms with Gasteiger partial charge in [-0.1, -0.05) is 65.3 Å². The first-order chi connectivity index (χ1) is 9.32. The molecule has 0 bridgehead atoms. The number of rotatable bonds is 3. The first kappa shape index (κ1) is 15.6. The number of hydrogen-bond donors (Lipinski definition) is 1. The van der Waals surface area contributed by atoms with Crippen molar-refractivity contribution in [1.82, 2.24) is 0 Å². The van der Waals surface area contributed by atoms with Crippen LogP contribution < -0.4 is 0 Å². The Kier molecular flexibility index (Phi) is 4.59. The zero-order chi connectivity index (χ0) is 14.9. The van der Waals surface area contributed by atoms with Crippen LogP contribution in [-0.4, -0.2) is 11.2 Å². The summed E-state index contributed by atoms with van der Waals surface area (Å²) >= 11 is 0. The van der Waals surface area contributed by atoms with E-state index in [1.807, 2.05) is 0 Å². The van der Waals surface area contributed by atoms with E-state index in [4.69, 9.17) is 0 Å². The molecule has 1 nitrogen and oxygen atoms in total. The molecule has 0 saturated heterocycles. The summed E-state index contributed by atoms with van der Waals surface area (Å²) in [5, 5.41) is 10.5. The van der Waals surface area contributed by atoms with E-state index in [9.17, 15) is 5.11 Å². The molecule has 1 aromatic carbocycles. The summed E-state index contributed by atoms with van der Waals surface area (Å²) in [6, 6.07) is 9.03. The molecule has 1 aliphatic carbocycles. The van der Waals surface area contributed by atoms with Crippen molar-refractivity contribution in [2.75, 3.05) is 0 Å². The van der Waals surface area contributed by atoms with E-state index in [0.717, 1.165) is 12.8 Å². The third-order valence-electron chi connectivity index (χ3n) is 5.33. The molecule has 1 saturated carbocycles. The van der Waals surface area contributed by atoms with Crippen LogP contribution in [0.15, 0.2) is 24.3 Å². The molecule has 1 fully saturated rings. The molecule has 0 aromatic heterocycles. The molecule has 0 radical (unpaired) electrons. The number of aliphatic hydroxyl groups excluding tert-OH is 1. The summed E-state index contributed by atoms with van der Waals surface area (Å²) in [4.78, 5) is 0. The van der Waals surface area contributed by atoms with Crippen LogP contribution in [-0.2, 0) is 5.41 Å². The summed E-state index contributed by atoms with van der Waals surface area (Å²) in [5.74, 6) is 1.62. The first-order valence-electron chi connectivity index (χ1n) is 8.11. The highest BCUT2D eigenvalue weighted by molar-refractivity contribution is 5.30. The van der Waals surface area contributed by atoms with E-state index in [1.165, 1.54) is 17.5 Å². The molecule has 1 aromatic rings. The zero-order valence-electron chi connectivity index (χ0n) is 13.7. The Morgan fingerprint density at radius 1 is 1.10 bits per heavy atom. The van der Waals surface area contributed by atoms with Gasteiger partial charge in [0.2, 0.25) is 0 Å². The number of aliphatic hydroxyl groups is 1. The van der Waals surface area contributed by atoms with Crippen LogP contribution in [0.1, 0.15) is 70.9 Å². The van der Waals surface area contributed by atoms with E-state index in [2.05, 4.69) is 58.9 Å². The van der Waals surface area contributed by atoms with Gasteiger partial charge in [-0.05, 0) is 47.1 Å². The molecule has 112 valence electrons. The minimum atomic E-state index is -0.154. The molecule has 0 amide bonds. The third kappa shape index (κ3) is 3.09. The summed E-state index contributed by atoms with van der Waals surface area (Å²) in [5.41, 5.74) is 2.80. The van der Waals surface area contributed by atoms with Gasteiger partial charge >= 0.3 is 0 Å². The van der Waals surface area contributed by atoms with Crippen LogP contribution >= 0.6 is 0 Å². The van der Waals surface area contributed by atoms with Gasteiger partial charge in [-0.15, -0.1) is 0 Å². The molecule has 3 unspecified atom stereocenters. The summed E-state index contributed by atoms with van der Waals surface area (Å²) < 4.78 is 0. The van der Waals surface area contributed by atoms with Crippen molar-refractivity contribution < 1.29 is 5.11 Å². The summed E-state index contributed by atoms with van der Waals surface area (Å²) in [6.07, 6.45) is 3.19.